The number of amides is 1. The maximum atomic E-state index is 12.5. The Kier molecular flexibility index (Phi) is 6.12. The van der Waals surface area contributed by atoms with Crippen LogP contribution in [-0.4, -0.2) is 26.8 Å². The van der Waals surface area contributed by atoms with Crippen molar-refractivity contribution in [2.75, 3.05) is 11.1 Å². The second-order valence-electron chi connectivity index (χ2n) is 8.57. The van der Waals surface area contributed by atoms with E-state index in [0.717, 1.165) is 30.4 Å². The Morgan fingerprint density at radius 2 is 2.13 bits per heavy atom. The van der Waals surface area contributed by atoms with Gasteiger partial charge in [0.1, 0.15) is 11.1 Å². The average Bonchev–Trinajstić information content (AvgIpc) is 3.36. The standard InChI is InChI=1S/C22H23N5O2S2/c1-22(2,3)14-4-5-15-16(11-23)20(31-17(15)10-14)25-18(28)12-30-21-27-26-19(29-21)13-6-8-24-9-7-13/h6-9,14H,4-5,10,12H2,1-3H3,(H,25,28). The van der Waals surface area contributed by atoms with Crippen LogP contribution in [0.25, 0.3) is 11.5 Å². The summed E-state index contributed by atoms with van der Waals surface area (Å²) in [6.45, 7) is 6.79. The van der Waals surface area contributed by atoms with Crippen molar-refractivity contribution >= 4 is 34.0 Å². The number of thiophene rings is 1. The minimum Gasteiger partial charge on any atom is -0.411 e. The van der Waals surface area contributed by atoms with Crippen LogP contribution in [-0.2, 0) is 17.6 Å². The molecule has 4 rings (SSSR count). The summed E-state index contributed by atoms with van der Waals surface area (Å²) in [6.07, 6.45) is 6.22. The van der Waals surface area contributed by atoms with Crippen LogP contribution in [0.15, 0.2) is 34.2 Å². The predicted molar refractivity (Wildman–Crippen MR) is 121 cm³/mol. The van der Waals surface area contributed by atoms with E-state index in [4.69, 9.17) is 4.42 Å². The van der Waals surface area contributed by atoms with Gasteiger partial charge in [0.25, 0.3) is 5.22 Å². The molecule has 0 bridgehead atoms. The summed E-state index contributed by atoms with van der Waals surface area (Å²) < 4.78 is 5.61. The number of hydrogen-bond acceptors (Lipinski definition) is 8. The van der Waals surface area contributed by atoms with Gasteiger partial charge in [0, 0.05) is 22.8 Å². The van der Waals surface area contributed by atoms with Gasteiger partial charge in [-0.05, 0) is 48.3 Å². The highest BCUT2D eigenvalue weighted by Gasteiger charge is 2.32. The number of nitriles is 1. The molecule has 31 heavy (non-hydrogen) atoms. The van der Waals surface area contributed by atoms with Gasteiger partial charge < -0.3 is 9.73 Å². The molecule has 0 saturated carbocycles. The number of rotatable bonds is 5. The second kappa shape index (κ2) is 8.81. The third kappa shape index (κ3) is 4.81. The molecule has 1 N–H and O–H groups in total. The number of aromatic nitrogens is 3. The van der Waals surface area contributed by atoms with Crippen molar-refractivity contribution in [2.45, 2.75) is 45.3 Å². The van der Waals surface area contributed by atoms with E-state index in [2.05, 4.69) is 47.3 Å². The fraction of sp³-hybridized carbons (Fsp3) is 0.409. The summed E-state index contributed by atoms with van der Waals surface area (Å²) in [6, 6.07) is 5.86. The van der Waals surface area contributed by atoms with E-state index in [-0.39, 0.29) is 17.1 Å². The highest BCUT2D eigenvalue weighted by molar-refractivity contribution is 7.99. The Morgan fingerprint density at radius 1 is 1.35 bits per heavy atom. The molecule has 7 nitrogen and oxygen atoms in total. The Hall–Kier alpha value is -2.70. The molecular formula is C22H23N5O2S2. The van der Waals surface area contributed by atoms with Crippen molar-refractivity contribution in [3.63, 3.8) is 0 Å². The van der Waals surface area contributed by atoms with E-state index in [1.54, 1.807) is 24.5 Å². The lowest BCUT2D eigenvalue weighted by molar-refractivity contribution is -0.113. The van der Waals surface area contributed by atoms with Crippen LogP contribution >= 0.6 is 23.1 Å². The number of nitrogens with zero attached hydrogens (tertiary/aromatic N) is 4. The van der Waals surface area contributed by atoms with E-state index in [1.807, 2.05) is 0 Å². The maximum absolute atomic E-state index is 12.5. The van der Waals surface area contributed by atoms with Crippen LogP contribution in [0.2, 0.25) is 0 Å². The Morgan fingerprint density at radius 3 is 2.84 bits per heavy atom. The molecular weight excluding hydrogens is 430 g/mol. The average molecular weight is 454 g/mol. The van der Waals surface area contributed by atoms with Gasteiger partial charge in [-0.25, -0.2) is 0 Å². The Balaban J connectivity index is 1.40. The van der Waals surface area contributed by atoms with Crippen LogP contribution in [0, 0.1) is 22.7 Å². The van der Waals surface area contributed by atoms with Gasteiger partial charge in [0.05, 0.1) is 11.3 Å². The molecule has 160 valence electrons. The SMILES string of the molecule is CC(C)(C)C1CCc2c(sc(NC(=O)CSc3nnc(-c4ccncc4)o3)c2C#N)C1. The van der Waals surface area contributed by atoms with Crippen LogP contribution in [0.1, 0.15) is 43.2 Å². The van der Waals surface area contributed by atoms with Crippen molar-refractivity contribution in [1.82, 2.24) is 15.2 Å². The zero-order valence-electron chi connectivity index (χ0n) is 17.6. The smallest absolute Gasteiger partial charge is 0.277 e. The topological polar surface area (TPSA) is 105 Å². The lowest BCUT2D eigenvalue weighted by Gasteiger charge is -2.33. The third-order valence-electron chi connectivity index (χ3n) is 5.52. The van der Waals surface area contributed by atoms with Gasteiger partial charge in [-0.15, -0.1) is 21.5 Å². The number of carbonyl (C=O) groups is 1. The lowest BCUT2D eigenvalue weighted by Crippen LogP contribution is -2.26. The molecule has 0 radical (unpaired) electrons. The molecule has 1 aliphatic rings. The second-order valence-corrected chi connectivity index (χ2v) is 10.6. The largest absolute Gasteiger partial charge is 0.411 e. The Bertz CT molecular complexity index is 1130. The first-order valence-electron chi connectivity index (χ1n) is 10.1. The molecule has 1 aliphatic carbocycles. The summed E-state index contributed by atoms with van der Waals surface area (Å²) in [5.74, 6) is 0.889. The number of anilines is 1. The molecule has 0 aliphatic heterocycles. The fourth-order valence-electron chi connectivity index (χ4n) is 3.70. The van der Waals surface area contributed by atoms with Gasteiger partial charge in [-0.1, -0.05) is 32.5 Å². The number of hydrogen-bond donors (Lipinski definition) is 1. The van der Waals surface area contributed by atoms with E-state index < -0.39 is 0 Å². The van der Waals surface area contributed by atoms with Crippen molar-refractivity contribution in [2.24, 2.45) is 11.3 Å². The van der Waals surface area contributed by atoms with E-state index in [9.17, 15) is 10.1 Å². The molecule has 1 unspecified atom stereocenters. The summed E-state index contributed by atoms with van der Waals surface area (Å²) in [5, 5.41) is 21.6. The zero-order valence-corrected chi connectivity index (χ0v) is 19.3. The molecule has 1 amide bonds. The number of pyridine rings is 1. The highest BCUT2D eigenvalue weighted by atomic mass is 32.2. The van der Waals surface area contributed by atoms with Gasteiger partial charge in [0.2, 0.25) is 11.8 Å². The molecule has 3 heterocycles. The first kappa shape index (κ1) is 21.5. The van der Waals surface area contributed by atoms with E-state index in [0.29, 0.717) is 27.6 Å². The monoisotopic (exact) mass is 453 g/mol. The van der Waals surface area contributed by atoms with Crippen molar-refractivity contribution in [3.8, 4) is 17.5 Å². The Labute approximate surface area is 189 Å². The van der Waals surface area contributed by atoms with Crippen molar-refractivity contribution < 1.29 is 9.21 Å². The van der Waals surface area contributed by atoms with Crippen LogP contribution in [0.4, 0.5) is 5.00 Å². The molecule has 3 aromatic rings. The first-order valence-corrected chi connectivity index (χ1v) is 11.9. The first-order chi connectivity index (χ1) is 14.8. The van der Waals surface area contributed by atoms with Crippen molar-refractivity contribution in [1.29, 1.82) is 5.26 Å². The molecule has 0 aromatic carbocycles. The van der Waals surface area contributed by atoms with Gasteiger partial charge >= 0.3 is 0 Å². The summed E-state index contributed by atoms with van der Waals surface area (Å²) >= 11 is 2.71. The number of nitrogens with one attached hydrogen (secondary N) is 1. The molecule has 0 fully saturated rings. The normalized spacial score (nSPS) is 15.9. The van der Waals surface area contributed by atoms with Crippen molar-refractivity contribution in [3.05, 3.63) is 40.5 Å². The van der Waals surface area contributed by atoms with Gasteiger partial charge in [-0.2, -0.15) is 5.26 Å². The van der Waals surface area contributed by atoms with Crippen LogP contribution in [0.5, 0.6) is 0 Å². The predicted octanol–water partition coefficient (Wildman–Crippen LogP) is 4.95. The lowest BCUT2D eigenvalue weighted by atomic mass is 9.72. The van der Waals surface area contributed by atoms with Gasteiger partial charge in [0.15, 0.2) is 0 Å². The van der Waals surface area contributed by atoms with E-state index in [1.165, 1.54) is 28.0 Å². The fourth-order valence-corrected chi connectivity index (χ4v) is 5.56. The van der Waals surface area contributed by atoms with E-state index >= 15 is 0 Å². The third-order valence-corrected chi connectivity index (χ3v) is 7.50. The summed E-state index contributed by atoms with van der Waals surface area (Å²) in [7, 11) is 0. The highest BCUT2D eigenvalue weighted by Crippen LogP contribution is 2.44. The maximum Gasteiger partial charge on any atom is 0.277 e. The number of thioether (sulfide) groups is 1. The molecule has 3 aromatic heterocycles. The minimum absolute atomic E-state index is 0.121. The number of fused-ring (bicyclic) bond motifs is 1. The zero-order chi connectivity index (χ0) is 22.0. The summed E-state index contributed by atoms with van der Waals surface area (Å²) in [5.41, 5.74) is 2.72. The molecule has 0 spiro atoms. The minimum atomic E-state index is -0.198. The number of carbonyl (C=O) groups excluding carboxylic acids is 1. The molecule has 0 saturated heterocycles. The molecule has 9 heteroatoms. The summed E-state index contributed by atoms with van der Waals surface area (Å²) in [4.78, 5) is 17.7. The molecule has 1 atom stereocenters. The van der Waals surface area contributed by atoms with Crippen LogP contribution in [0.3, 0.4) is 0 Å². The van der Waals surface area contributed by atoms with Gasteiger partial charge in [-0.3, -0.25) is 9.78 Å². The van der Waals surface area contributed by atoms with Crippen LogP contribution < -0.4 is 5.32 Å². The quantitative estimate of drug-likeness (QED) is 0.545.